The number of fused-ring (bicyclic) bond motifs is 6. The average Bonchev–Trinajstić information content (AvgIpc) is 3.23. The van der Waals surface area contributed by atoms with Crippen LogP contribution in [-0.4, -0.2) is 6.71 Å². The zero-order chi connectivity index (χ0) is 34.9. The third kappa shape index (κ3) is 4.47. The molecule has 11 rings (SSSR count). The highest BCUT2D eigenvalue weighted by molar-refractivity contribution is 7.00. The Hall–Kier alpha value is -6.84. The Labute approximate surface area is 309 Å². The van der Waals surface area contributed by atoms with E-state index in [2.05, 4.69) is 210 Å². The first-order valence-electron chi connectivity index (χ1n) is 18.4. The third-order valence-electron chi connectivity index (χ3n) is 11.2. The molecule has 53 heavy (non-hydrogen) atoms. The lowest BCUT2D eigenvalue weighted by molar-refractivity contribution is 1.26. The van der Waals surface area contributed by atoms with E-state index < -0.39 is 0 Å². The Kier molecular flexibility index (Phi) is 6.68. The van der Waals surface area contributed by atoms with Gasteiger partial charge in [-0.05, 0) is 85.5 Å². The quantitative estimate of drug-likeness (QED) is 0.172. The van der Waals surface area contributed by atoms with Crippen LogP contribution in [0.2, 0.25) is 0 Å². The highest BCUT2D eigenvalue weighted by atomic mass is 15.2. The molecule has 2 heterocycles. The highest BCUT2D eigenvalue weighted by Crippen LogP contribution is 2.49. The maximum atomic E-state index is 2.53. The summed E-state index contributed by atoms with van der Waals surface area (Å²) in [5, 5.41) is 4.96. The van der Waals surface area contributed by atoms with Crippen molar-refractivity contribution >= 4 is 78.8 Å². The van der Waals surface area contributed by atoms with Crippen molar-refractivity contribution in [3.05, 3.63) is 200 Å². The van der Waals surface area contributed by atoms with Gasteiger partial charge in [-0.25, -0.2) is 0 Å². The monoisotopic (exact) mass is 672 g/mol. The molecule has 0 fully saturated rings. The van der Waals surface area contributed by atoms with Gasteiger partial charge < -0.3 is 9.80 Å². The summed E-state index contributed by atoms with van der Waals surface area (Å²) in [6.07, 6.45) is 0. The number of benzene rings is 9. The van der Waals surface area contributed by atoms with Crippen molar-refractivity contribution < 1.29 is 0 Å². The van der Waals surface area contributed by atoms with Gasteiger partial charge in [-0.1, -0.05) is 164 Å². The topological polar surface area (TPSA) is 6.48 Å². The first kappa shape index (κ1) is 29.9. The zero-order valence-electron chi connectivity index (χ0n) is 29.0. The summed E-state index contributed by atoms with van der Waals surface area (Å²) < 4.78 is 0. The van der Waals surface area contributed by atoms with Gasteiger partial charge >= 0.3 is 0 Å². The lowest BCUT2D eigenvalue weighted by Gasteiger charge is -2.44. The van der Waals surface area contributed by atoms with Crippen LogP contribution in [0.15, 0.2) is 200 Å². The number of nitrogens with zero attached hydrogens (tertiary/aromatic N) is 2. The molecular weight excluding hydrogens is 639 g/mol. The molecule has 3 heteroatoms. The second-order valence-corrected chi connectivity index (χ2v) is 14.0. The van der Waals surface area contributed by atoms with Crippen molar-refractivity contribution in [2.75, 3.05) is 9.80 Å². The van der Waals surface area contributed by atoms with E-state index in [0.29, 0.717) is 0 Å². The first-order chi connectivity index (χ1) is 26.3. The van der Waals surface area contributed by atoms with E-state index in [0.717, 1.165) is 0 Å². The van der Waals surface area contributed by atoms with E-state index in [1.165, 1.54) is 94.3 Å². The normalized spacial score (nSPS) is 12.8. The summed E-state index contributed by atoms with van der Waals surface area (Å²) in [4.78, 5) is 5.06. The summed E-state index contributed by atoms with van der Waals surface area (Å²) in [6.45, 7) is 0.0716. The van der Waals surface area contributed by atoms with Crippen LogP contribution in [0.1, 0.15) is 0 Å². The van der Waals surface area contributed by atoms with Crippen LogP contribution in [0.5, 0.6) is 0 Å². The molecule has 246 valence electrons. The summed E-state index contributed by atoms with van der Waals surface area (Å²) in [5.74, 6) is 0. The van der Waals surface area contributed by atoms with Crippen LogP contribution >= 0.6 is 0 Å². The fourth-order valence-corrected chi connectivity index (χ4v) is 9.06. The van der Waals surface area contributed by atoms with Crippen molar-refractivity contribution in [2.24, 2.45) is 0 Å². The van der Waals surface area contributed by atoms with Crippen molar-refractivity contribution in [3.8, 4) is 22.3 Å². The first-order valence-corrected chi connectivity index (χ1v) is 18.4. The molecule has 2 aliphatic heterocycles. The van der Waals surface area contributed by atoms with Gasteiger partial charge in [0.15, 0.2) is 0 Å². The smallest absolute Gasteiger partial charge is 0.252 e. The molecule has 0 saturated heterocycles. The lowest BCUT2D eigenvalue weighted by atomic mass is 9.33. The predicted molar refractivity (Wildman–Crippen MR) is 226 cm³/mol. The summed E-state index contributed by atoms with van der Waals surface area (Å²) >= 11 is 0. The van der Waals surface area contributed by atoms with Gasteiger partial charge in [0, 0.05) is 33.9 Å². The number of anilines is 6. The second-order valence-electron chi connectivity index (χ2n) is 14.0. The molecule has 0 aromatic heterocycles. The largest absolute Gasteiger partial charge is 0.311 e. The molecule has 0 N–H and O–H groups in total. The molecule has 0 amide bonds. The van der Waals surface area contributed by atoms with Crippen molar-refractivity contribution in [1.29, 1.82) is 0 Å². The van der Waals surface area contributed by atoms with Crippen LogP contribution in [-0.2, 0) is 0 Å². The van der Waals surface area contributed by atoms with E-state index in [1.807, 2.05) is 0 Å². The van der Waals surface area contributed by atoms with Gasteiger partial charge in [0.05, 0.1) is 11.4 Å². The van der Waals surface area contributed by atoms with Gasteiger partial charge in [0.2, 0.25) is 0 Å². The minimum absolute atomic E-state index is 0.0716. The summed E-state index contributed by atoms with van der Waals surface area (Å²) in [7, 11) is 0. The Balaban J connectivity index is 1.23. The molecule has 0 radical (unpaired) electrons. The average molecular weight is 673 g/mol. The van der Waals surface area contributed by atoms with Crippen LogP contribution in [0.25, 0.3) is 43.8 Å². The zero-order valence-corrected chi connectivity index (χ0v) is 29.0. The van der Waals surface area contributed by atoms with E-state index in [-0.39, 0.29) is 6.71 Å². The maximum Gasteiger partial charge on any atom is 0.252 e. The standard InChI is InChI=1S/C50H33BN2/c1-3-18-36(19-4-1)48-38-22-9-7-16-34(38)30-32-44(48)52-42-26-13-11-24-40(42)51-41-25-12-14-27-43(41)53(47-29-15-28-46(52)50(47)51)45-33-31-35-17-8-10-23-39(35)49(45)37-20-5-2-6-21-37/h1-33H. The molecule has 9 aromatic carbocycles. The Morgan fingerprint density at radius 2 is 0.679 bits per heavy atom. The van der Waals surface area contributed by atoms with Crippen LogP contribution < -0.4 is 26.2 Å². The molecule has 0 spiro atoms. The molecule has 9 aromatic rings. The van der Waals surface area contributed by atoms with Crippen molar-refractivity contribution in [2.45, 2.75) is 0 Å². The van der Waals surface area contributed by atoms with Crippen molar-refractivity contribution in [1.82, 2.24) is 0 Å². The molecule has 0 saturated carbocycles. The SMILES string of the molecule is c1ccc(-c2c(N3c4ccccc4B4c5ccccc5N(c5ccc6ccccc6c5-c5ccccc5)c5cccc3c54)ccc3ccccc23)cc1. The van der Waals surface area contributed by atoms with E-state index >= 15 is 0 Å². The number of para-hydroxylation sites is 2. The third-order valence-corrected chi connectivity index (χ3v) is 11.2. The lowest BCUT2D eigenvalue weighted by Crippen LogP contribution is -2.61. The van der Waals surface area contributed by atoms with Gasteiger partial charge in [-0.15, -0.1) is 0 Å². The molecule has 2 nitrogen and oxygen atoms in total. The van der Waals surface area contributed by atoms with Gasteiger partial charge in [-0.2, -0.15) is 0 Å². The predicted octanol–water partition coefficient (Wildman–Crippen LogP) is 11.4. The summed E-state index contributed by atoms with van der Waals surface area (Å²) in [6, 6.07) is 73.5. The minimum atomic E-state index is 0.0716. The molecule has 0 atom stereocenters. The molecular formula is C50H33BN2. The Bertz CT molecular complexity index is 2670. The van der Waals surface area contributed by atoms with Gasteiger partial charge in [-0.3, -0.25) is 0 Å². The van der Waals surface area contributed by atoms with Gasteiger partial charge in [0.25, 0.3) is 6.71 Å². The van der Waals surface area contributed by atoms with Gasteiger partial charge in [0.1, 0.15) is 0 Å². The number of hydrogen-bond acceptors (Lipinski definition) is 2. The van der Waals surface area contributed by atoms with E-state index in [9.17, 15) is 0 Å². The fourth-order valence-electron chi connectivity index (χ4n) is 9.06. The second kappa shape index (κ2) is 11.9. The maximum absolute atomic E-state index is 2.53. The minimum Gasteiger partial charge on any atom is -0.311 e. The van der Waals surface area contributed by atoms with Crippen molar-refractivity contribution in [3.63, 3.8) is 0 Å². The summed E-state index contributed by atoms with van der Waals surface area (Å²) in [5.41, 5.74) is 16.0. The molecule has 0 aliphatic carbocycles. The number of rotatable bonds is 4. The van der Waals surface area contributed by atoms with Crippen LogP contribution in [0, 0.1) is 0 Å². The Morgan fingerprint density at radius 1 is 0.283 bits per heavy atom. The van der Waals surface area contributed by atoms with E-state index in [1.54, 1.807) is 0 Å². The molecule has 0 unspecified atom stereocenters. The molecule has 0 bridgehead atoms. The highest BCUT2D eigenvalue weighted by Gasteiger charge is 2.43. The fraction of sp³-hybridized carbons (Fsp3) is 0. The van der Waals surface area contributed by atoms with E-state index in [4.69, 9.17) is 0 Å². The number of hydrogen-bond donors (Lipinski definition) is 0. The van der Waals surface area contributed by atoms with Crippen LogP contribution in [0.3, 0.4) is 0 Å². The molecule has 2 aliphatic rings. The Morgan fingerprint density at radius 3 is 1.17 bits per heavy atom. The van der Waals surface area contributed by atoms with Crippen LogP contribution in [0.4, 0.5) is 34.1 Å².